The van der Waals surface area contributed by atoms with Crippen LogP contribution in [0, 0.1) is 5.21 Å². The molecule has 6 nitrogen and oxygen atoms in total. The largest absolute Gasteiger partial charge is 0.594 e. The fourth-order valence-corrected chi connectivity index (χ4v) is 2.09. The Bertz CT molecular complexity index is 539. The van der Waals surface area contributed by atoms with Gasteiger partial charge < -0.3 is 15.0 Å². The molecule has 1 aliphatic heterocycles. The number of anilines is 1. The smallest absolute Gasteiger partial charge is 0.279 e. The van der Waals surface area contributed by atoms with Gasteiger partial charge in [0.05, 0.1) is 5.22 Å². The molecule has 0 atom stereocenters. The molecule has 6 heteroatoms. The first-order valence-corrected chi connectivity index (χ1v) is 5.36. The van der Waals surface area contributed by atoms with E-state index >= 15 is 0 Å². The number of rotatable bonds is 2. The van der Waals surface area contributed by atoms with Crippen LogP contribution in [0.4, 0.5) is 5.69 Å². The Hall–Kier alpha value is -2.11. The Morgan fingerprint density at radius 2 is 1.82 bits per heavy atom. The van der Waals surface area contributed by atoms with Crippen molar-refractivity contribution < 1.29 is 0 Å². The first-order valence-electron chi connectivity index (χ1n) is 5.36. The van der Waals surface area contributed by atoms with Crippen LogP contribution < -0.4 is 26.4 Å². The zero-order valence-corrected chi connectivity index (χ0v) is 10.5. The molecular weight excluding hydrogens is 218 g/mol. The van der Waals surface area contributed by atoms with E-state index in [1.54, 1.807) is 0 Å². The monoisotopic (exact) mass is 235 g/mol. The van der Waals surface area contributed by atoms with Crippen LogP contribution in [0.3, 0.4) is 0 Å². The number of para-hydroxylation sites is 1. The molecule has 0 aliphatic carbocycles. The zero-order valence-electron chi connectivity index (χ0n) is 10.5. The first-order chi connectivity index (χ1) is 8.02. The van der Waals surface area contributed by atoms with Gasteiger partial charge in [0.2, 0.25) is 0 Å². The SMILES string of the molecule is CN(C)C(=c1cccc2c1=[N+]([O-])NN2)N(C)C. The summed E-state index contributed by atoms with van der Waals surface area (Å²) in [4.78, 5) is 4.72. The van der Waals surface area contributed by atoms with Gasteiger partial charge >= 0.3 is 0 Å². The normalized spacial score (nSPS) is 12.6. The summed E-state index contributed by atoms with van der Waals surface area (Å²) in [7, 11) is 7.83. The summed E-state index contributed by atoms with van der Waals surface area (Å²) in [6, 6.07) is 5.73. The van der Waals surface area contributed by atoms with Crippen molar-refractivity contribution >= 4 is 11.5 Å². The number of nitrogens with one attached hydrogen (secondary N) is 2. The second-order valence-electron chi connectivity index (χ2n) is 4.35. The van der Waals surface area contributed by atoms with Gasteiger partial charge in [-0.1, -0.05) is 16.4 Å². The predicted molar refractivity (Wildman–Crippen MR) is 67.8 cm³/mol. The first kappa shape index (κ1) is 11.4. The minimum atomic E-state index is 0.616. The van der Waals surface area contributed by atoms with Crippen molar-refractivity contribution in [3.05, 3.63) is 34.0 Å². The molecule has 1 aliphatic rings. The Kier molecular flexibility index (Phi) is 2.71. The summed E-state index contributed by atoms with van der Waals surface area (Å²) in [6.07, 6.45) is 0. The second-order valence-corrected chi connectivity index (χ2v) is 4.35. The molecule has 0 radical (unpaired) electrons. The molecule has 2 N–H and O–H groups in total. The quantitative estimate of drug-likeness (QED) is 0.493. The van der Waals surface area contributed by atoms with Crippen LogP contribution in [0.25, 0.3) is 5.82 Å². The van der Waals surface area contributed by atoms with Crippen molar-refractivity contribution in [3.63, 3.8) is 0 Å². The van der Waals surface area contributed by atoms with Crippen LogP contribution in [-0.2, 0) is 0 Å². The van der Waals surface area contributed by atoms with E-state index in [9.17, 15) is 5.21 Å². The van der Waals surface area contributed by atoms with E-state index in [1.807, 2.05) is 56.2 Å². The van der Waals surface area contributed by atoms with Crippen LogP contribution in [0.2, 0.25) is 0 Å². The van der Waals surface area contributed by atoms with Gasteiger partial charge in [-0.25, -0.2) is 5.43 Å². The Morgan fingerprint density at radius 3 is 2.41 bits per heavy atom. The zero-order chi connectivity index (χ0) is 12.6. The molecule has 0 fully saturated rings. The van der Waals surface area contributed by atoms with Crippen molar-refractivity contribution in [2.45, 2.75) is 0 Å². The third-order valence-corrected chi connectivity index (χ3v) is 2.62. The summed E-state index contributed by atoms with van der Waals surface area (Å²) in [5, 5.41) is 13.2. The summed E-state index contributed by atoms with van der Waals surface area (Å²) in [5.41, 5.74) is 6.16. The van der Waals surface area contributed by atoms with Crippen molar-refractivity contribution in [2.75, 3.05) is 33.6 Å². The van der Waals surface area contributed by atoms with Gasteiger partial charge in [0.1, 0.15) is 11.5 Å². The van der Waals surface area contributed by atoms with Crippen LogP contribution in [0.1, 0.15) is 0 Å². The van der Waals surface area contributed by atoms with E-state index in [0.717, 1.165) is 21.6 Å². The second kappa shape index (κ2) is 4.04. The van der Waals surface area contributed by atoms with Gasteiger partial charge in [-0.15, -0.1) is 0 Å². The lowest BCUT2D eigenvalue weighted by Gasteiger charge is -2.24. The van der Waals surface area contributed by atoms with E-state index in [4.69, 9.17) is 0 Å². The molecule has 0 unspecified atom stereocenters. The molecule has 1 aromatic carbocycles. The standard InChI is InChI=1S/C11H17N5O/c1-14(2)11(15(3)4)8-6-5-7-9-10(8)16(17)13-12-9/h5-7,12-13H,1-4H3. The average Bonchev–Trinajstić information content (AvgIpc) is 2.60. The topological polar surface area (TPSA) is 56.6 Å². The van der Waals surface area contributed by atoms with Crippen LogP contribution in [-0.4, -0.2) is 38.0 Å². The molecule has 0 saturated heterocycles. The van der Waals surface area contributed by atoms with Crippen molar-refractivity contribution in [1.29, 1.82) is 0 Å². The van der Waals surface area contributed by atoms with Crippen LogP contribution in [0.15, 0.2) is 18.2 Å². The van der Waals surface area contributed by atoms with E-state index in [2.05, 4.69) is 11.0 Å². The minimum absolute atomic E-state index is 0.616. The maximum absolute atomic E-state index is 11.7. The van der Waals surface area contributed by atoms with Gasteiger partial charge in [-0.2, -0.15) is 0 Å². The van der Waals surface area contributed by atoms with Gasteiger partial charge in [0, 0.05) is 28.2 Å². The molecule has 92 valence electrons. The van der Waals surface area contributed by atoms with Crippen molar-refractivity contribution in [1.82, 2.24) is 20.2 Å². The molecule has 0 bridgehead atoms. The highest BCUT2D eigenvalue weighted by molar-refractivity contribution is 5.49. The Morgan fingerprint density at radius 1 is 1.18 bits per heavy atom. The number of hydrogen-bond donors (Lipinski definition) is 2. The van der Waals surface area contributed by atoms with Gasteiger partial charge in [-0.05, 0) is 12.1 Å². The molecule has 0 saturated carbocycles. The summed E-state index contributed by atoms with van der Waals surface area (Å²) < 4.78 is 0. The third-order valence-electron chi connectivity index (χ3n) is 2.62. The Labute approximate surface area is 100.0 Å². The maximum atomic E-state index is 11.7. The fraction of sp³-hybridized carbons (Fsp3) is 0.364. The molecule has 17 heavy (non-hydrogen) atoms. The molecule has 0 aromatic heterocycles. The van der Waals surface area contributed by atoms with Crippen LogP contribution >= 0.6 is 0 Å². The summed E-state index contributed by atoms with van der Waals surface area (Å²) >= 11 is 0. The number of hydrazine groups is 2. The van der Waals surface area contributed by atoms with Gasteiger partial charge in [0.25, 0.3) is 5.36 Å². The predicted octanol–water partition coefficient (Wildman–Crippen LogP) is -1.29. The molecule has 2 rings (SSSR count). The van der Waals surface area contributed by atoms with Gasteiger partial charge in [-0.3, -0.25) is 0 Å². The number of hydrogen-bond acceptors (Lipinski definition) is 5. The number of fused-ring (bicyclic) bond motifs is 1. The van der Waals surface area contributed by atoms with Crippen molar-refractivity contribution in [3.8, 4) is 0 Å². The van der Waals surface area contributed by atoms with Crippen molar-refractivity contribution in [2.24, 2.45) is 0 Å². The molecule has 1 heterocycles. The number of nitrogens with zero attached hydrogens (tertiary/aromatic N) is 3. The van der Waals surface area contributed by atoms with E-state index in [1.165, 1.54) is 0 Å². The van der Waals surface area contributed by atoms with Gasteiger partial charge in [0.15, 0.2) is 0 Å². The van der Waals surface area contributed by atoms with E-state index < -0.39 is 0 Å². The number of benzene rings is 1. The molecular formula is C11H17N5O. The minimum Gasteiger partial charge on any atom is -0.594 e. The lowest BCUT2D eigenvalue weighted by molar-refractivity contribution is 0.430. The molecule has 0 amide bonds. The van der Waals surface area contributed by atoms with E-state index in [-0.39, 0.29) is 0 Å². The highest BCUT2D eigenvalue weighted by atomic mass is 16.5. The van der Waals surface area contributed by atoms with Crippen LogP contribution in [0.5, 0.6) is 0 Å². The lowest BCUT2D eigenvalue weighted by Crippen LogP contribution is -2.43. The van der Waals surface area contributed by atoms with E-state index in [0.29, 0.717) is 5.36 Å². The third kappa shape index (κ3) is 1.82. The fourth-order valence-electron chi connectivity index (χ4n) is 2.09. The Balaban J connectivity index is 2.89. The molecule has 0 spiro atoms. The highest BCUT2D eigenvalue weighted by Gasteiger charge is 2.17. The lowest BCUT2D eigenvalue weighted by atomic mass is 10.2. The summed E-state index contributed by atoms with van der Waals surface area (Å²) in [5.74, 6) is 0.980. The summed E-state index contributed by atoms with van der Waals surface area (Å²) in [6.45, 7) is 0. The maximum Gasteiger partial charge on any atom is 0.279 e. The average molecular weight is 235 g/mol. The highest BCUT2D eigenvalue weighted by Crippen LogP contribution is 2.02. The molecule has 1 aromatic rings.